The van der Waals surface area contributed by atoms with Gasteiger partial charge in [-0.1, -0.05) is 17.7 Å². The number of nitrogens with one attached hydrogen (secondary N) is 1. The van der Waals surface area contributed by atoms with E-state index in [4.69, 9.17) is 28.6 Å². The lowest BCUT2D eigenvalue weighted by atomic mass is 9.96. The third kappa shape index (κ3) is 4.29. The number of thiocarbonyl (C=S) groups is 1. The average molecular weight is 519 g/mol. The van der Waals surface area contributed by atoms with Crippen LogP contribution in [0.1, 0.15) is 41.7 Å². The molecule has 2 N–H and O–H groups in total. The van der Waals surface area contributed by atoms with Gasteiger partial charge in [0.1, 0.15) is 11.5 Å². The van der Waals surface area contributed by atoms with E-state index in [0.717, 1.165) is 34.1 Å². The Balaban J connectivity index is 1.66. The number of hydrogen-bond acceptors (Lipinski definition) is 4. The van der Waals surface area contributed by atoms with Crippen molar-refractivity contribution in [3.05, 3.63) is 101 Å². The summed E-state index contributed by atoms with van der Waals surface area (Å²) >= 11 is 12.2. The maximum absolute atomic E-state index is 10.6. The van der Waals surface area contributed by atoms with Crippen LogP contribution in [-0.4, -0.2) is 26.4 Å². The third-order valence-corrected chi connectivity index (χ3v) is 7.04. The molecule has 1 saturated heterocycles. The van der Waals surface area contributed by atoms with Crippen molar-refractivity contribution in [2.45, 2.75) is 32.9 Å². The fraction of sp³-hybridized carbons (Fsp3) is 0.214. The summed E-state index contributed by atoms with van der Waals surface area (Å²) in [6.45, 7) is 6.65. The van der Waals surface area contributed by atoms with Crippen LogP contribution in [0.3, 0.4) is 0 Å². The summed E-state index contributed by atoms with van der Waals surface area (Å²) in [6.07, 6.45) is 1.80. The molecular formula is C28H27ClN4O2S. The van der Waals surface area contributed by atoms with Gasteiger partial charge in [-0.3, -0.25) is 4.98 Å². The Morgan fingerprint density at radius 3 is 2.56 bits per heavy atom. The Kier molecular flexibility index (Phi) is 6.60. The molecule has 8 heteroatoms. The molecule has 36 heavy (non-hydrogen) atoms. The van der Waals surface area contributed by atoms with Gasteiger partial charge in [0.15, 0.2) is 5.11 Å². The van der Waals surface area contributed by atoms with Gasteiger partial charge in [0.2, 0.25) is 0 Å². The highest BCUT2D eigenvalue weighted by atomic mass is 35.5. The summed E-state index contributed by atoms with van der Waals surface area (Å²) in [7, 11) is 0. The number of aryl methyl sites for hydroxylation is 1. The Hall–Kier alpha value is -3.55. The van der Waals surface area contributed by atoms with Crippen molar-refractivity contribution in [2.75, 3.05) is 11.5 Å². The minimum absolute atomic E-state index is 0.164. The highest BCUT2D eigenvalue weighted by Gasteiger charge is 2.42. The summed E-state index contributed by atoms with van der Waals surface area (Å²) < 4.78 is 7.68. The van der Waals surface area contributed by atoms with E-state index in [1.807, 2.05) is 60.9 Å². The van der Waals surface area contributed by atoms with E-state index in [1.165, 1.54) is 0 Å². The first-order valence-electron chi connectivity index (χ1n) is 11.8. The van der Waals surface area contributed by atoms with Crippen LogP contribution in [0.2, 0.25) is 5.02 Å². The topological polar surface area (TPSA) is 62.5 Å². The first kappa shape index (κ1) is 24.2. The molecule has 0 radical (unpaired) electrons. The lowest BCUT2D eigenvalue weighted by Crippen LogP contribution is -2.29. The SMILES string of the molecule is CCOc1ccc(N2C(=S)N[C@H](c3ccccn3)[C@H]2c2cc(C)n(-c3cc(Cl)ccc3O)c2C)cc1. The van der Waals surface area contributed by atoms with Crippen molar-refractivity contribution in [3.8, 4) is 17.2 Å². The molecule has 6 nitrogen and oxygen atoms in total. The number of benzene rings is 2. The highest BCUT2D eigenvalue weighted by Crippen LogP contribution is 2.44. The van der Waals surface area contributed by atoms with Crippen molar-refractivity contribution < 1.29 is 9.84 Å². The van der Waals surface area contributed by atoms with Gasteiger partial charge < -0.3 is 24.6 Å². The molecule has 3 heterocycles. The molecule has 4 aromatic rings. The fourth-order valence-corrected chi connectivity index (χ4v) is 5.46. The van der Waals surface area contributed by atoms with Crippen molar-refractivity contribution in [2.24, 2.45) is 0 Å². The van der Waals surface area contributed by atoms with Crippen LogP contribution in [0.5, 0.6) is 11.5 Å². The van der Waals surface area contributed by atoms with Gasteiger partial charge in [-0.25, -0.2) is 0 Å². The summed E-state index contributed by atoms with van der Waals surface area (Å²) in [6, 6.07) is 20.7. The molecule has 2 aromatic heterocycles. The number of halogens is 1. The molecule has 1 fully saturated rings. The number of hydrogen-bond donors (Lipinski definition) is 2. The lowest BCUT2D eigenvalue weighted by Gasteiger charge is -2.28. The molecule has 5 rings (SSSR count). The first-order valence-corrected chi connectivity index (χ1v) is 12.6. The van der Waals surface area contributed by atoms with Crippen molar-refractivity contribution in [1.82, 2.24) is 14.9 Å². The van der Waals surface area contributed by atoms with E-state index in [2.05, 4.69) is 28.2 Å². The molecule has 1 aliphatic heterocycles. The number of anilines is 1. The van der Waals surface area contributed by atoms with E-state index < -0.39 is 0 Å². The molecule has 2 atom stereocenters. The van der Waals surface area contributed by atoms with Crippen LogP contribution >= 0.6 is 23.8 Å². The standard InChI is InChI=1S/C28H27ClN4O2S/c1-4-35-21-11-9-20(10-12-21)33-27(26(31-28(33)36)23-7-5-6-14-30-23)22-15-17(2)32(18(22)3)24-16-19(29)8-13-25(24)34/h5-16,26-27,34H,4H2,1-3H3,(H,31,36)/t26-,27-/m1/s1. The van der Waals surface area contributed by atoms with Gasteiger partial charge in [0, 0.05) is 28.3 Å². The number of pyridine rings is 1. The normalized spacial score (nSPS) is 17.3. The van der Waals surface area contributed by atoms with Gasteiger partial charge in [0.25, 0.3) is 0 Å². The summed E-state index contributed by atoms with van der Waals surface area (Å²) in [5, 5.41) is 15.3. The number of aromatic hydroxyl groups is 1. The average Bonchev–Trinajstić information content (AvgIpc) is 3.37. The Bertz CT molecular complexity index is 1410. The predicted molar refractivity (Wildman–Crippen MR) is 147 cm³/mol. The molecule has 1 aliphatic rings. The Labute approximate surface area is 221 Å². The number of rotatable bonds is 6. The largest absolute Gasteiger partial charge is 0.506 e. The van der Waals surface area contributed by atoms with E-state index in [1.54, 1.807) is 24.4 Å². The van der Waals surface area contributed by atoms with Crippen LogP contribution in [0.15, 0.2) is 72.9 Å². The van der Waals surface area contributed by atoms with Gasteiger partial charge in [-0.2, -0.15) is 0 Å². The van der Waals surface area contributed by atoms with E-state index in [9.17, 15) is 5.11 Å². The second-order valence-electron chi connectivity index (χ2n) is 8.72. The maximum Gasteiger partial charge on any atom is 0.174 e. The van der Waals surface area contributed by atoms with Crippen LogP contribution in [0.25, 0.3) is 5.69 Å². The second kappa shape index (κ2) is 9.84. The quantitative estimate of drug-likeness (QED) is 0.287. The monoisotopic (exact) mass is 518 g/mol. The number of aromatic nitrogens is 2. The minimum atomic E-state index is -0.174. The lowest BCUT2D eigenvalue weighted by molar-refractivity contribution is 0.340. The zero-order valence-corrected chi connectivity index (χ0v) is 21.8. The summed E-state index contributed by atoms with van der Waals surface area (Å²) in [4.78, 5) is 6.78. The van der Waals surface area contributed by atoms with Crippen molar-refractivity contribution in [1.29, 1.82) is 0 Å². The van der Waals surface area contributed by atoms with Crippen molar-refractivity contribution in [3.63, 3.8) is 0 Å². The van der Waals surface area contributed by atoms with Crippen LogP contribution in [0.4, 0.5) is 5.69 Å². The predicted octanol–water partition coefficient (Wildman–Crippen LogP) is 6.42. The van der Waals surface area contributed by atoms with Gasteiger partial charge in [-0.05, 0) is 99.2 Å². The molecule has 0 bridgehead atoms. The van der Waals surface area contributed by atoms with Gasteiger partial charge in [-0.15, -0.1) is 0 Å². The van der Waals surface area contributed by atoms with Gasteiger partial charge >= 0.3 is 0 Å². The number of ether oxygens (including phenoxy) is 1. The maximum atomic E-state index is 10.6. The number of nitrogens with zero attached hydrogens (tertiary/aromatic N) is 3. The molecule has 0 amide bonds. The molecule has 0 spiro atoms. The molecular weight excluding hydrogens is 492 g/mol. The Morgan fingerprint density at radius 1 is 1.08 bits per heavy atom. The highest BCUT2D eigenvalue weighted by molar-refractivity contribution is 7.80. The molecule has 0 saturated carbocycles. The van der Waals surface area contributed by atoms with E-state index in [-0.39, 0.29) is 17.8 Å². The second-order valence-corrected chi connectivity index (χ2v) is 9.54. The zero-order chi connectivity index (χ0) is 25.4. The third-order valence-electron chi connectivity index (χ3n) is 6.49. The van der Waals surface area contributed by atoms with E-state index >= 15 is 0 Å². The molecule has 184 valence electrons. The molecule has 0 unspecified atom stereocenters. The first-order chi connectivity index (χ1) is 17.4. The fourth-order valence-electron chi connectivity index (χ4n) is 4.95. The molecule has 0 aliphatic carbocycles. The molecule has 2 aromatic carbocycles. The van der Waals surface area contributed by atoms with E-state index in [0.29, 0.717) is 22.4 Å². The smallest absolute Gasteiger partial charge is 0.174 e. The summed E-state index contributed by atoms with van der Waals surface area (Å²) in [5.74, 6) is 0.976. The van der Waals surface area contributed by atoms with Crippen LogP contribution in [0, 0.1) is 13.8 Å². The van der Waals surface area contributed by atoms with Crippen LogP contribution < -0.4 is 15.0 Å². The number of phenolic OH excluding ortho intramolecular Hbond substituents is 1. The zero-order valence-electron chi connectivity index (χ0n) is 20.3. The van der Waals surface area contributed by atoms with Crippen LogP contribution in [-0.2, 0) is 0 Å². The van der Waals surface area contributed by atoms with Gasteiger partial charge in [0.05, 0.1) is 30.1 Å². The Morgan fingerprint density at radius 2 is 1.86 bits per heavy atom. The number of phenols is 1. The minimum Gasteiger partial charge on any atom is -0.506 e. The van der Waals surface area contributed by atoms with Crippen molar-refractivity contribution >= 4 is 34.6 Å². The summed E-state index contributed by atoms with van der Waals surface area (Å²) in [5.41, 5.74) is 5.52.